The van der Waals surface area contributed by atoms with E-state index < -0.39 is 0 Å². The van der Waals surface area contributed by atoms with Crippen molar-refractivity contribution in [1.82, 2.24) is 20.3 Å². The standard InChI is InChI=1S/C14H17IN4O/c15-11-2-1-3-14(8-11)20-7-6-19-10-13(17-18-19)9-16-12-4-5-12/h1-3,8,10,12,16H,4-7,9H2. The molecule has 0 amide bonds. The normalized spacial score (nSPS) is 14.4. The zero-order chi connectivity index (χ0) is 13.8. The maximum atomic E-state index is 5.70. The van der Waals surface area contributed by atoms with Crippen LogP contribution >= 0.6 is 22.6 Å². The van der Waals surface area contributed by atoms with Crippen molar-refractivity contribution in [2.75, 3.05) is 6.61 Å². The molecule has 0 atom stereocenters. The van der Waals surface area contributed by atoms with E-state index in [1.807, 2.05) is 35.1 Å². The van der Waals surface area contributed by atoms with Crippen molar-refractivity contribution in [1.29, 1.82) is 0 Å². The van der Waals surface area contributed by atoms with E-state index in [1.165, 1.54) is 16.4 Å². The maximum Gasteiger partial charge on any atom is 0.120 e. The van der Waals surface area contributed by atoms with Gasteiger partial charge in [0.1, 0.15) is 12.4 Å². The first-order valence-electron chi connectivity index (χ1n) is 6.80. The topological polar surface area (TPSA) is 52.0 Å². The van der Waals surface area contributed by atoms with Gasteiger partial charge in [-0.2, -0.15) is 0 Å². The predicted molar refractivity (Wildman–Crippen MR) is 84.5 cm³/mol. The molecule has 0 unspecified atom stereocenters. The number of hydrogen-bond donors (Lipinski definition) is 1. The van der Waals surface area contributed by atoms with Crippen molar-refractivity contribution in [3.63, 3.8) is 0 Å². The molecule has 1 aliphatic rings. The van der Waals surface area contributed by atoms with Gasteiger partial charge in [0.25, 0.3) is 0 Å². The Morgan fingerprint density at radius 2 is 2.30 bits per heavy atom. The number of halogens is 1. The van der Waals surface area contributed by atoms with Crippen molar-refractivity contribution in [3.8, 4) is 5.75 Å². The average molecular weight is 384 g/mol. The Bertz CT molecular complexity index is 568. The quantitative estimate of drug-likeness (QED) is 0.744. The Balaban J connectivity index is 1.43. The van der Waals surface area contributed by atoms with Gasteiger partial charge in [-0.3, -0.25) is 0 Å². The number of benzene rings is 1. The molecule has 0 aliphatic heterocycles. The molecule has 106 valence electrons. The molecule has 6 heteroatoms. The number of nitrogens with zero attached hydrogens (tertiary/aromatic N) is 3. The van der Waals surface area contributed by atoms with Crippen LogP contribution in [0.15, 0.2) is 30.5 Å². The summed E-state index contributed by atoms with van der Waals surface area (Å²) in [5, 5.41) is 11.7. The summed E-state index contributed by atoms with van der Waals surface area (Å²) >= 11 is 2.28. The maximum absolute atomic E-state index is 5.70. The summed E-state index contributed by atoms with van der Waals surface area (Å²) in [7, 11) is 0. The predicted octanol–water partition coefficient (Wildman–Crippen LogP) is 2.21. The molecule has 0 spiro atoms. The van der Waals surface area contributed by atoms with Crippen LogP contribution in [0.5, 0.6) is 5.75 Å². The molecule has 20 heavy (non-hydrogen) atoms. The van der Waals surface area contributed by atoms with E-state index in [1.54, 1.807) is 0 Å². The molecule has 1 fully saturated rings. The lowest BCUT2D eigenvalue weighted by Gasteiger charge is -2.05. The van der Waals surface area contributed by atoms with Crippen LogP contribution in [-0.4, -0.2) is 27.6 Å². The number of hydrogen-bond acceptors (Lipinski definition) is 4. The highest BCUT2D eigenvalue weighted by molar-refractivity contribution is 14.1. The van der Waals surface area contributed by atoms with E-state index in [0.29, 0.717) is 19.2 Å². The van der Waals surface area contributed by atoms with E-state index in [0.717, 1.165) is 18.0 Å². The van der Waals surface area contributed by atoms with Gasteiger partial charge in [-0.05, 0) is 53.6 Å². The third-order valence-corrected chi connectivity index (χ3v) is 3.79. The first-order valence-corrected chi connectivity index (χ1v) is 7.88. The van der Waals surface area contributed by atoms with Crippen LogP contribution in [-0.2, 0) is 13.1 Å². The van der Waals surface area contributed by atoms with Gasteiger partial charge in [-0.25, -0.2) is 4.68 Å². The van der Waals surface area contributed by atoms with E-state index in [-0.39, 0.29) is 0 Å². The Kier molecular flexibility index (Phi) is 4.51. The van der Waals surface area contributed by atoms with Crippen molar-refractivity contribution < 1.29 is 4.74 Å². The molecule has 3 rings (SSSR count). The second-order valence-electron chi connectivity index (χ2n) is 4.93. The molecule has 0 bridgehead atoms. The Hall–Kier alpha value is -1.15. The van der Waals surface area contributed by atoms with Crippen LogP contribution in [0.3, 0.4) is 0 Å². The lowest BCUT2D eigenvalue weighted by Crippen LogP contribution is -2.15. The summed E-state index contributed by atoms with van der Waals surface area (Å²) in [6.07, 6.45) is 4.56. The fraction of sp³-hybridized carbons (Fsp3) is 0.429. The lowest BCUT2D eigenvalue weighted by atomic mass is 10.3. The Labute approximate surface area is 131 Å². The van der Waals surface area contributed by atoms with Gasteiger partial charge >= 0.3 is 0 Å². The zero-order valence-corrected chi connectivity index (χ0v) is 13.3. The molecule has 1 saturated carbocycles. The largest absolute Gasteiger partial charge is 0.492 e. The van der Waals surface area contributed by atoms with E-state index in [4.69, 9.17) is 4.74 Å². The molecule has 1 aliphatic carbocycles. The van der Waals surface area contributed by atoms with E-state index >= 15 is 0 Å². The molecule has 0 radical (unpaired) electrons. The van der Waals surface area contributed by atoms with Gasteiger partial charge in [0, 0.05) is 22.4 Å². The fourth-order valence-corrected chi connectivity index (χ4v) is 2.39. The minimum absolute atomic E-state index is 0.596. The second kappa shape index (κ2) is 6.53. The summed E-state index contributed by atoms with van der Waals surface area (Å²) in [5.41, 5.74) is 0.992. The smallest absolute Gasteiger partial charge is 0.120 e. The number of nitrogens with one attached hydrogen (secondary N) is 1. The van der Waals surface area contributed by atoms with Gasteiger partial charge in [0.05, 0.1) is 12.2 Å². The number of rotatable bonds is 7. The van der Waals surface area contributed by atoms with Crippen LogP contribution in [0.25, 0.3) is 0 Å². The zero-order valence-electron chi connectivity index (χ0n) is 11.1. The van der Waals surface area contributed by atoms with E-state index in [9.17, 15) is 0 Å². The molecular formula is C14H17IN4O. The van der Waals surface area contributed by atoms with Crippen LogP contribution in [0.1, 0.15) is 18.5 Å². The highest BCUT2D eigenvalue weighted by atomic mass is 127. The second-order valence-corrected chi connectivity index (χ2v) is 6.18. The minimum atomic E-state index is 0.596. The SMILES string of the molecule is Ic1cccc(OCCn2cc(CNC3CC3)nn2)c1. The van der Waals surface area contributed by atoms with Gasteiger partial charge in [-0.1, -0.05) is 11.3 Å². The molecule has 1 aromatic heterocycles. The molecule has 1 aromatic carbocycles. The van der Waals surface area contributed by atoms with Gasteiger partial charge in [0.2, 0.25) is 0 Å². The van der Waals surface area contributed by atoms with Crippen LogP contribution in [0, 0.1) is 3.57 Å². The van der Waals surface area contributed by atoms with Gasteiger partial charge < -0.3 is 10.1 Å². The monoisotopic (exact) mass is 384 g/mol. The van der Waals surface area contributed by atoms with Crippen LogP contribution in [0.4, 0.5) is 0 Å². The van der Waals surface area contributed by atoms with Crippen molar-refractivity contribution in [2.24, 2.45) is 0 Å². The van der Waals surface area contributed by atoms with E-state index in [2.05, 4.69) is 38.2 Å². The lowest BCUT2D eigenvalue weighted by molar-refractivity contribution is 0.289. The highest BCUT2D eigenvalue weighted by Gasteiger charge is 2.20. The summed E-state index contributed by atoms with van der Waals surface area (Å²) in [6.45, 7) is 2.11. The summed E-state index contributed by atoms with van der Waals surface area (Å²) in [6, 6.07) is 8.73. The molecular weight excluding hydrogens is 367 g/mol. The van der Waals surface area contributed by atoms with Crippen molar-refractivity contribution in [3.05, 3.63) is 39.7 Å². The summed E-state index contributed by atoms with van der Waals surface area (Å²) in [4.78, 5) is 0. The Morgan fingerprint density at radius 3 is 3.10 bits per heavy atom. The molecule has 5 nitrogen and oxygen atoms in total. The average Bonchev–Trinajstić information content (AvgIpc) is 3.16. The fourth-order valence-electron chi connectivity index (χ4n) is 1.88. The number of aromatic nitrogens is 3. The van der Waals surface area contributed by atoms with Crippen molar-refractivity contribution in [2.45, 2.75) is 32.0 Å². The molecule has 1 N–H and O–H groups in total. The molecule has 2 aromatic rings. The summed E-state index contributed by atoms with van der Waals surface area (Å²) in [5.74, 6) is 0.896. The van der Waals surface area contributed by atoms with Gasteiger partial charge in [0.15, 0.2) is 0 Å². The summed E-state index contributed by atoms with van der Waals surface area (Å²) < 4.78 is 8.71. The third-order valence-electron chi connectivity index (χ3n) is 3.12. The Morgan fingerprint density at radius 1 is 1.40 bits per heavy atom. The first-order chi connectivity index (χ1) is 9.79. The van der Waals surface area contributed by atoms with Crippen LogP contribution < -0.4 is 10.1 Å². The number of ether oxygens (including phenoxy) is 1. The highest BCUT2D eigenvalue weighted by Crippen LogP contribution is 2.19. The van der Waals surface area contributed by atoms with Gasteiger partial charge in [-0.15, -0.1) is 5.10 Å². The van der Waals surface area contributed by atoms with Crippen molar-refractivity contribution >= 4 is 22.6 Å². The molecule has 0 saturated heterocycles. The first kappa shape index (κ1) is 13.8. The molecule has 1 heterocycles. The third kappa shape index (κ3) is 4.17. The minimum Gasteiger partial charge on any atom is -0.492 e. The van der Waals surface area contributed by atoms with Crippen LogP contribution in [0.2, 0.25) is 0 Å².